The van der Waals surface area contributed by atoms with Crippen LogP contribution < -0.4 is 9.47 Å². The second-order valence-corrected chi connectivity index (χ2v) is 3.71. The van der Waals surface area contributed by atoms with Gasteiger partial charge in [0.15, 0.2) is 6.29 Å². The molecule has 1 fully saturated rings. The number of halogens is 1. The van der Waals surface area contributed by atoms with Crippen molar-refractivity contribution in [2.24, 2.45) is 0 Å². The third-order valence-corrected chi connectivity index (χ3v) is 2.68. The molecule has 4 nitrogen and oxygen atoms in total. The van der Waals surface area contributed by atoms with Gasteiger partial charge in [0.1, 0.15) is 11.5 Å². The minimum atomic E-state index is -0.402. The van der Waals surface area contributed by atoms with Gasteiger partial charge in [0.25, 0.3) is 0 Å². The molecule has 0 aliphatic carbocycles. The zero-order chi connectivity index (χ0) is 11.5. The van der Waals surface area contributed by atoms with Gasteiger partial charge in [0.05, 0.1) is 38.0 Å². The number of benzene rings is 1. The molecule has 0 atom stereocenters. The molecule has 1 saturated heterocycles. The summed E-state index contributed by atoms with van der Waals surface area (Å²) in [4.78, 5) is 0. The van der Waals surface area contributed by atoms with Gasteiger partial charge in [-0.1, -0.05) is 11.6 Å². The minimum Gasteiger partial charge on any atom is -0.496 e. The quantitative estimate of drug-likeness (QED) is 0.818. The highest BCUT2D eigenvalue weighted by Crippen LogP contribution is 2.38. The van der Waals surface area contributed by atoms with Crippen molar-refractivity contribution >= 4 is 11.6 Å². The van der Waals surface area contributed by atoms with Crippen molar-refractivity contribution in [2.75, 3.05) is 27.4 Å². The van der Waals surface area contributed by atoms with Gasteiger partial charge in [-0.25, -0.2) is 0 Å². The van der Waals surface area contributed by atoms with Gasteiger partial charge in [-0.05, 0) is 6.07 Å². The molecule has 0 aromatic heterocycles. The van der Waals surface area contributed by atoms with Gasteiger partial charge in [-0.2, -0.15) is 0 Å². The molecule has 1 aliphatic heterocycles. The van der Waals surface area contributed by atoms with E-state index in [0.717, 1.165) is 5.56 Å². The Labute approximate surface area is 99.0 Å². The summed E-state index contributed by atoms with van der Waals surface area (Å²) in [5, 5.41) is 0.501. The molecule has 88 valence electrons. The lowest BCUT2D eigenvalue weighted by molar-refractivity contribution is -0.0455. The van der Waals surface area contributed by atoms with E-state index >= 15 is 0 Å². The molecule has 2 rings (SSSR count). The van der Waals surface area contributed by atoms with Crippen molar-refractivity contribution < 1.29 is 18.9 Å². The number of ether oxygens (including phenoxy) is 4. The molecule has 0 saturated carbocycles. The largest absolute Gasteiger partial charge is 0.496 e. The van der Waals surface area contributed by atoms with Crippen LogP contribution in [0.4, 0.5) is 0 Å². The summed E-state index contributed by atoms with van der Waals surface area (Å²) < 4.78 is 21.2. The molecule has 0 N–H and O–H groups in total. The van der Waals surface area contributed by atoms with Crippen LogP contribution in [-0.4, -0.2) is 27.4 Å². The standard InChI is InChI=1S/C11H13ClO4/c1-13-9-6-8(12)10(14-2)5-7(9)11-15-3-4-16-11/h5-6,11H,3-4H2,1-2H3. The Hall–Kier alpha value is -0.970. The third kappa shape index (κ3) is 2.09. The van der Waals surface area contributed by atoms with Crippen LogP contribution in [0.5, 0.6) is 11.5 Å². The van der Waals surface area contributed by atoms with Crippen LogP contribution in [0.2, 0.25) is 5.02 Å². The summed E-state index contributed by atoms with van der Waals surface area (Å²) >= 11 is 6.00. The van der Waals surface area contributed by atoms with Gasteiger partial charge < -0.3 is 18.9 Å². The molecule has 0 bridgehead atoms. The molecular formula is C11H13ClO4. The zero-order valence-corrected chi connectivity index (χ0v) is 9.91. The van der Waals surface area contributed by atoms with Crippen LogP contribution in [0, 0.1) is 0 Å². The van der Waals surface area contributed by atoms with Crippen LogP contribution in [-0.2, 0) is 9.47 Å². The van der Waals surface area contributed by atoms with Gasteiger partial charge in [0.2, 0.25) is 0 Å². The number of rotatable bonds is 3. The fourth-order valence-electron chi connectivity index (χ4n) is 1.61. The number of hydrogen-bond donors (Lipinski definition) is 0. The van der Waals surface area contributed by atoms with Gasteiger partial charge in [-0.3, -0.25) is 0 Å². The van der Waals surface area contributed by atoms with Crippen molar-refractivity contribution in [1.82, 2.24) is 0 Å². The lowest BCUT2D eigenvalue weighted by atomic mass is 10.2. The second-order valence-electron chi connectivity index (χ2n) is 3.30. The second kappa shape index (κ2) is 4.91. The van der Waals surface area contributed by atoms with Gasteiger partial charge >= 0.3 is 0 Å². The van der Waals surface area contributed by atoms with E-state index in [1.807, 2.05) is 0 Å². The lowest BCUT2D eigenvalue weighted by Gasteiger charge is -2.15. The predicted octanol–water partition coefficient (Wildman–Crippen LogP) is 2.40. The number of methoxy groups -OCH3 is 2. The Bertz CT molecular complexity index is 374. The maximum Gasteiger partial charge on any atom is 0.187 e. The van der Waals surface area contributed by atoms with E-state index < -0.39 is 6.29 Å². The summed E-state index contributed by atoms with van der Waals surface area (Å²) in [5.74, 6) is 1.22. The minimum absolute atomic E-state index is 0.402. The first-order valence-electron chi connectivity index (χ1n) is 4.91. The van der Waals surface area contributed by atoms with E-state index in [1.54, 1.807) is 26.4 Å². The Morgan fingerprint density at radius 1 is 1.12 bits per heavy atom. The van der Waals surface area contributed by atoms with Crippen LogP contribution in [0.15, 0.2) is 12.1 Å². The fraction of sp³-hybridized carbons (Fsp3) is 0.455. The molecule has 16 heavy (non-hydrogen) atoms. The van der Waals surface area contributed by atoms with Crippen molar-refractivity contribution in [3.8, 4) is 11.5 Å². The van der Waals surface area contributed by atoms with Crippen LogP contribution in [0.3, 0.4) is 0 Å². The summed E-state index contributed by atoms with van der Waals surface area (Å²) in [6, 6.07) is 3.47. The summed E-state index contributed by atoms with van der Waals surface area (Å²) in [6.07, 6.45) is -0.402. The third-order valence-electron chi connectivity index (χ3n) is 2.38. The van der Waals surface area contributed by atoms with Crippen LogP contribution >= 0.6 is 11.6 Å². The highest BCUT2D eigenvalue weighted by molar-refractivity contribution is 6.32. The van der Waals surface area contributed by atoms with Crippen molar-refractivity contribution in [3.63, 3.8) is 0 Å². The average molecular weight is 245 g/mol. The Morgan fingerprint density at radius 2 is 1.75 bits per heavy atom. The molecule has 0 spiro atoms. The summed E-state index contributed by atoms with van der Waals surface area (Å²) in [7, 11) is 3.14. The first kappa shape index (κ1) is 11.5. The van der Waals surface area contributed by atoms with E-state index in [9.17, 15) is 0 Å². The summed E-state index contributed by atoms with van der Waals surface area (Å²) in [5.41, 5.74) is 0.793. The van der Waals surface area contributed by atoms with E-state index in [4.69, 9.17) is 30.5 Å². The van der Waals surface area contributed by atoms with E-state index in [-0.39, 0.29) is 0 Å². The van der Waals surface area contributed by atoms with Gasteiger partial charge in [-0.15, -0.1) is 0 Å². The molecule has 0 radical (unpaired) electrons. The Balaban J connectivity index is 2.40. The molecule has 1 aromatic rings. The molecule has 1 aromatic carbocycles. The Morgan fingerprint density at radius 3 is 2.31 bits per heavy atom. The molecule has 1 aliphatic rings. The smallest absolute Gasteiger partial charge is 0.187 e. The van der Waals surface area contributed by atoms with Crippen molar-refractivity contribution in [2.45, 2.75) is 6.29 Å². The number of hydrogen-bond acceptors (Lipinski definition) is 4. The SMILES string of the molecule is COc1cc(C2OCCO2)c(OC)cc1Cl. The fourth-order valence-corrected chi connectivity index (χ4v) is 1.84. The monoisotopic (exact) mass is 244 g/mol. The molecule has 0 unspecified atom stereocenters. The maximum absolute atomic E-state index is 6.00. The van der Waals surface area contributed by atoms with E-state index in [2.05, 4.69) is 0 Å². The molecule has 5 heteroatoms. The lowest BCUT2D eigenvalue weighted by Crippen LogP contribution is -2.02. The van der Waals surface area contributed by atoms with E-state index in [1.165, 1.54) is 0 Å². The summed E-state index contributed by atoms with van der Waals surface area (Å²) in [6.45, 7) is 1.16. The normalized spacial score (nSPS) is 16.4. The molecule has 1 heterocycles. The van der Waals surface area contributed by atoms with Crippen molar-refractivity contribution in [3.05, 3.63) is 22.7 Å². The topological polar surface area (TPSA) is 36.9 Å². The average Bonchev–Trinajstić information content (AvgIpc) is 2.82. The highest BCUT2D eigenvalue weighted by atomic mass is 35.5. The molecular weight excluding hydrogens is 232 g/mol. The van der Waals surface area contributed by atoms with Crippen molar-refractivity contribution in [1.29, 1.82) is 0 Å². The van der Waals surface area contributed by atoms with Crippen LogP contribution in [0.25, 0.3) is 0 Å². The maximum atomic E-state index is 6.00. The first-order valence-corrected chi connectivity index (χ1v) is 5.28. The van der Waals surface area contributed by atoms with Crippen LogP contribution in [0.1, 0.15) is 11.9 Å². The van der Waals surface area contributed by atoms with E-state index in [0.29, 0.717) is 29.7 Å². The first-order chi connectivity index (χ1) is 7.76. The predicted molar refractivity (Wildman–Crippen MR) is 59.2 cm³/mol. The van der Waals surface area contributed by atoms with Gasteiger partial charge in [0, 0.05) is 6.07 Å². The zero-order valence-electron chi connectivity index (χ0n) is 9.16. The Kier molecular flexibility index (Phi) is 3.53. The highest BCUT2D eigenvalue weighted by Gasteiger charge is 2.23. The molecule has 0 amide bonds.